The second-order valence-corrected chi connectivity index (χ2v) is 13.3. The zero-order valence-corrected chi connectivity index (χ0v) is 30.8. The molecule has 0 aliphatic carbocycles. The van der Waals surface area contributed by atoms with E-state index in [1.165, 1.54) is 0 Å². The van der Waals surface area contributed by atoms with E-state index in [1.807, 2.05) is 43.3 Å². The maximum atomic E-state index is 11.1. The van der Waals surface area contributed by atoms with Crippen molar-refractivity contribution in [1.82, 2.24) is 0 Å². The molecule has 11 heteroatoms. The van der Waals surface area contributed by atoms with Gasteiger partial charge in [-0.2, -0.15) is 0 Å². The Balaban J connectivity index is 1.14. The number of hydrogen-bond donors (Lipinski definition) is 2. The number of methoxy groups -OCH3 is 4. The van der Waals surface area contributed by atoms with Crippen LogP contribution in [0, 0.1) is 11.8 Å². The molecule has 0 unspecified atom stereocenters. The van der Waals surface area contributed by atoms with Gasteiger partial charge in [0.15, 0.2) is 46.0 Å². The normalized spacial score (nSPS) is 21.5. The predicted octanol–water partition coefficient (Wildman–Crippen LogP) is 7.54. The summed E-state index contributed by atoms with van der Waals surface area (Å²) in [5, 5.41) is 22.2. The summed E-state index contributed by atoms with van der Waals surface area (Å²) in [6.07, 6.45) is -3.43. The summed E-state index contributed by atoms with van der Waals surface area (Å²) in [7, 11) is 6.31. The fraction of sp³-hybridized carbons (Fsp3) is 0.415. The van der Waals surface area contributed by atoms with Crippen molar-refractivity contribution in [3.05, 3.63) is 95.1 Å². The van der Waals surface area contributed by atoms with Gasteiger partial charge in [0.25, 0.3) is 0 Å². The first kappa shape index (κ1) is 36.9. The molecule has 52 heavy (non-hydrogen) atoms. The zero-order chi connectivity index (χ0) is 37.1. The van der Waals surface area contributed by atoms with Crippen molar-refractivity contribution in [2.45, 2.75) is 64.3 Å². The Hall–Kier alpha value is -4.84. The van der Waals surface area contributed by atoms with Gasteiger partial charge in [0.2, 0.25) is 6.79 Å². The Labute approximate surface area is 304 Å². The van der Waals surface area contributed by atoms with Crippen LogP contribution in [0.4, 0.5) is 0 Å². The number of benzene rings is 4. The third-order valence-electron chi connectivity index (χ3n) is 10.1. The molecule has 2 N–H and O–H groups in total. The molecule has 0 saturated carbocycles. The summed E-state index contributed by atoms with van der Waals surface area (Å²) < 4.78 is 52.3. The molecule has 4 aromatic rings. The van der Waals surface area contributed by atoms with Gasteiger partial charge in [-0.05, 0) is 96.5 Å². The first-order valence-electron chi connectivity index (χ1n) is 17.4. The van der Waals surface area contributed by atoms with Gasteiger partial charge in [-0.3, -0.25) is 0 Å². The van der Waals surface area contributed by atoms with Crippen LogP contribution in [0.25, 0.3) is 0 Å². The van der Waals surface area contributed by atoms with Crippen molar-refractivity contribution >= 4 is 0 Å². The fourth-order valence-electron chi connectivity index (χ4n) is 6.84. The molecule has 0 radical (unpaired) electrons. The Bertz CT molecular complexity index is 1840. The molecule has 1 saturated heterocycles. The third-order valence-corrected chi connectivity index (χ3v) is 10.1. The summed E-state index contributed by atoms with van der Waals surface area (Å²) >= 11 is 0. The lowest BCUT2D eigenvalue weighted by Crippen LogP contribution is -2.22. The van der Waals surface area contributed by atoms with Crippen molar-refractivity contribution in [2.75, 3.05) is 35.2 Å². The summed E-state index contributed by atoms with van der Waals surface area (Å²) in [5.74, 6) is 4.80. The molecule has 0 spiro atoms. The highest BCUT2D eigenvalue weighted by molar-refractivity contribution is 5.48. The SMILES string of the molecule is COc1ccc([C@@H](O)[C@@H](C)Oc2ccc([C@@H]3O[C@@H](c4ccc(O[C@H](C)[C@H](O)c5ccc6c(c5)OCO6)c(OC)c4)[C@H](C)[C@H]3C)cc2OC)cc1OC. The maximum absolute atomic E-state index is 11.1. The molecule has 2 aliphatic heterocycles. The Morgan fingerprint density at radius 3 is 1.50 bits per heavy atom. The van der Waals surface area contributed by atoms with E-state index in [0.717, 1.165) is 11.1 Å². The minimum Gasteiger partial charge on any atom is -0.493 e. The summed E-state index contributed by atoms with van der Waals surface area (Å²) in [4.78, 5) is 0. The molecule has 8 atom stereocenters. The van der Waals surface area contributed by atoms with Crippen molar-refractivity contribution in [3.8, 4) is 46.0 Å². The Kier molecular flexibility index (Phi) is 11.2. The standard InChI is InChI=1S/C41H48O11/c1-22-23(2)41(29-12-16-33(36(20-29)47-8)51-25(4)39(43)27-10-14-31-37(18-27)49-21-48-31)52-40(22)28-11-15-32(35(19-28)46-7)50-24(3)38(42)26-9-13-30(44-5)34(17-26)45-6/h9-20,22-25,38-43H,21H2,1-8H3/t22-,23-,24-,25-,38+,39+,40-,41-/m1/s1. The third kappa shape index (κ3) is 7.39. The fourth-order valence-corrected chi connectivity index (χ4v) is 6.84. The molecular formula is C41H48O11. The zero-order valence-electron chi connectivity index (χ0n) is 30.8. The average molecular weight is 717 g/mol. The van der Waals surface area contributed by atoms with Crippen LogP contribution in [0.15, 0.2) is 72.8 Å². The van der Waals surface area contributed by atoms with Gasteiger partial charge in [-0.15, -0.1) is 0 Å². The Morgan fingerprint density at radius 2 is 0.981 bits per heavy atom. The molecule has 0 bridgehead atoms. The van der Waals surface area contributed by atoms with Crippen molar-refractivity contribution < 1.29 is 52.8 Å². The highest BCUT2D eigenvalue weighted by Gasteiger charge is 2.41. The van der Waals surface area contributed by atoms with E-state index in [-0.39, 0.29) is 30.8 Å². The highest BCUT2D eigenvalue weighted by Crippen LogP contribution is 2.51. The number of aliphatic hydroxyl groups is 2. The molecule has 0 amide bonds. The van der Waals surface area contributed by atoms with E-state index >= 15 is 0 Å². The van der Waals surface area contributed by atoms with Crippen molar-refractivity contribution in [3.63, 3.8) is 0 Å². The van der Waals surface area contributed by atoms with E-state index in [2.05, 4.69) is 13.8 Å². The maximum Gasteiger partial charge on any atom is 0.231 e. The molecule has 1 fully saturated rings. The molecule has 278 valence electrons. The van der Waals surface area contributed by atoms with Crippen LogP contribution in [0.3, 0.4) is 0 Å². The minimum absolute atomic E-state index is 0.164. The van der Waals surface area contributed by atoms with E-state index < -0.39 is 24.4 Å². The molecular weight excluding hydrogens is 668 g/mol. The van der Waals surface area contributed by atoms with E-state index in [1.54, 1.807) is 71.8 Å². The van der Waals surface area contributed by atoms with Crippen LogP contribution >= 0.6 is 0 Å². The molecule has 0 aromatic heterocycles. The van der Waals surface area contributed by atoms with Gasteiger partial charge in [0, 0.05) is 0 Å². The predicted molar refractivity (Wildman–Crippen MR) is 193 cm³/mol. The number of fused-ring (bicyclic) bond motifs is 1. The second kappa shape index (κ2) is 15.8. The topological polar surface area (TPSA) is 124 Å². The number of aliphatic hydroxyl groups excluding tert-OH is 2. The molecule has 2 heterocycles. The van der Waals surface area contributed by atoms with Gasteiger partial charge >= 0.3 is 0 Å². The van der Waals surface area contributed by atoms with E-state index in [9.17, 15) is 10.2 Å². The van der Waals surface area contributed by atoms with Crippen molar-refractivity contribution in [1.29, 1.82) is 0 Å². The highest BCUT2D eigenvalue weighted by atomic mass is 16.7. The van der Waals surface area contributed by atoms with Crippen LogP contribution in [-0.2, 0) is 4.74 Å². The largest absolute Gasteiger partial charge is 0.493 e. The number of ether oxygens (including phenoxy) is 9. The smallest absolute Gasteiger partial charge is 0.231 e. The van der Waals surface area contributed by atoms with Gasteiger partial charge in [-0.1, -0.05) is 38.1 Å². The number of rotatable bonds is 14. The van der Waals surface area contributed by atoms with E-state index in [0.29, 0.717) is 57.1 Å². The van der Waals surface area contributed by atoms with Gasteiger partial charge in [0.05, 0.1) is 40.6 Å². The quantitative estimate of drug-likeness (QED) is 0.135. The van der Waals surface area contributed by atoms with Crippen LogP contribution in [-0.4, -0.2) is 57.7 Å². The monoisotopic (exact) mass is 716 g/mol. The number of hydrogen-bond acceptors (Lipinski definition) is 11. The van der Waals surface area contributed by atoms with Gasteiger partial charge in [0.1, 0.15) is 24.4 Å². The minimum atomic E-state index is -0.930. The Morgan fingerprint density at radius 1 is 0.538 bits per heavy atom. The van der Waals surface area contributed by atoms with Crippen LogP contribution in [0.5, 0.6) is 46.0 Å². The lowest BCUT2D eigenvalue weighted by molar-refractivity contribution is 0.0281. The van der Waals surface area contributed by atoms with Crippen LogP contribution < -0.4 is 37.9 Å². The summed E-state index contributed by atoms with van der Waals surface area (Å²) in [6.45, 7) is 8.14. The molecule has 11 nitrogen and oxygen atoms in total. The molecule has 2 aliphatic rings. The first-order chi connectivity index (χ1) is 25.1. The average Bonchev–Trinajstić information content (AvgIpc) is 3.77. The lowest BCUT2D eigenvalue weighted by atomic mass is 9.85. The van der Waals surface area contributed by atoms with Crippen molar-refractivity contribution in [2.24, 2.45) is 11.8 Å². The molecule has 6 rings (SSSR count). The lowest BCUT2D eigenvalue weighted by Gasteiger charge is -2.24. The molecule has 4 aromatic carbocycles. The summed E-state index contributed by atoms with van der Waals surface area (Å²) in [5.41, 5.74) is 3.22. The van der Waals surface area contributed by atoms with Gasteiger partial charge in [-0.25, -0.2) is 0 Å². The van der Waals surface area contributed by atoms with Crippen LogP contribution in [0.1, 0.15) is 74.4 Å². The summed E-state index contributed by atoms with van der Waals surface area (Å²) in [6, 6.07) is 22.2. The first-order valence-corrected chi connectivity index (χ1v) is 17.4. The second-order valence-electron chi connectivity index (χ2n) is 13.3. The van der Waals surface area contributed by atoms with E-state index in [4.69, 9.17) is 42.6 Å². The van der Waals surface area contributed by atoms with Crippen LogP contribution in [0.2, 0.25) is 0 Å². The van der Waals surface area contributed by atoms with Gasteiger partial charge < -0.3 is 52.8 Å².